The number of hydrogen-bond donors (Lipinski definition) is 2. The van der Waals surface area contributed by atoms with E-state index in [9.17, 15) is 14.0 Å². The van der Waals surface area contributed by atoms with E-state index in [4.69, 9.17) is 0 Å². The van der Waals surface area contributed by atoms with Gasteiger partial charge >= 0.3 is 0 Å². The first-order chi connectivity index (χ1) is 11.6. The zero-order valence-electron chi connectivity index (χ0n) is 12.8. The van der Waals surface area contributed by atoms with Crippen LogP contribution in [-0.2, 0) is 9.59 Å². The summed E-state index contributed by atoms with van der Waals surface area (Å²) in [6, 6.07) is 9.71. The zero-order chi connectivity index (χ0) is 16.9. The van der Waals surface area contributed by atoms with Crippen molar-refractivity contribution in [3.8, 4) is 0 Å². The summed E-state index contributed by atoms with van der Waals surface area (Å²) in [5, 5.41) is 6.36. The molecule has 0 unspecified atom stereocenters. The molecule has 2 heterocycles. The van der Waals surface area contributed by atoms with Gasteiger partial charge in [0, 0.05) is 30.6 Å². The summed E-state index contributed by atoms with van der Waals surface area (Å²) in [7, 11) is 0. The van der Waals surface area contributed by atoms with Crippen molar-refractivity contribution in [2.45, 2.75) is 17.4 Å². The van der Waals surface area contributed by atoms with Crippen LogP contribution in [-0.4, -0.2) is 29.1 Å². The van der Waals surface area contributed by atoms with Gasteiger partial charge in [0.1, 0.15) is 5.82 Å². The maximum absolute atomic E-state index is 13.5. The van der Waals surface area contributed by atoms with Crippen molar-refractivity contribution in [1.29, 1.82) is 0 Å². The number of benzene rings is 1. The van der Waals surface area contributed by atoms with Crippen LogP contribution in [0.25, 0.3) is 0 Å². The highest BCUT2D eigenvalue weighted by Crippen LogP contribution is 2.32. The summed E-state index contributed by atoms with van der Waals surface area (Å²) in [6.45, 7) is 0.447. The highest BCUT2D eigenvalue weighted by Gasteiger charge is 2.30. The molecule has 0 saturated heterocycles. The molecule has 1 atom stereocenters. The molecule has 24 heavy (non-hydrogen) atoms. The predicted octanol–water partition coefficient (Wildman–Crippen LogP) is 2.55. The molecular formula is C17H16FN3O2S. The average molecular weight is 345 g/mol. The molecule has 0 saturated carbocycles. The molecule has 0 fully saturated rings. The molecular weight excluding hydrogens is 329 g/mol. The third kappa shape index (κ3) is 3.91. The topological polar surface area (TPSA) is 71.1 Å². The second kappa shape index (κ2) is 7.44. The molecule has 124 valence electrons. The van der Waals surface area contributed by atoms with Gasteiger partial charge in [-0.15, -0.1) is 11.8 Å². The minimum absolute atomic E-state index is 0.0235. The fraction of sp³-hybridized carbons (Fsp3) is 0.235. The number of halogens is 1. The van der Waals surface area contributed by atoms with Crippen LogP contribution in [0, 0.1) is 5.82 Å². The third-order valence-corrected chi connectivity index (χ3v) is 4.60. The van der Waals surface area contributed by atoms with Crippen molar-refractivity contribution < 1.29 is 14.0 Å². The number of nitrogens with one attached hydrogen (secondary N) is 2. The smallest absolute Gasteiger partial charge is 0.228 e. The lowest BCUT2D eigenvalue weighted by molar-refractivity contribution is -0.126. The van der Waals surface area contributed by atoms with E-state index in [1.54, 1.807) is 6.20 Å². The summed E-state index contributed by atoms with van der Waals surface area (Å²) >= 11 is 1.53. The number of anilines is 1. The number of thioether (sulfide) groups is 1. The van der Waals surface area contributed by atoms with Gasteiger partial charge in [0.05, 0.1) is 10.9 Å². The fourth-order valence-corrected chi connectivity index (χ4v) is 3.28. The number of nitrogens with zero attached hydrogens (tertiary/aromatic N) is 1. The Kier molecular flexibility index (Phi) is 5.10. The van der Waals surface area contributed by atoms with Gasteiger partial charge < -0.3 is 10.6 Å². The molecule has 0 aliphatic carbocycles. The van der Waals surface area contributed by atoms with E-state index in [-0.39, 0.29) is 18.2 Å². The van der Waals surface area contributed by atoms with E-state index in [1.807, 2.05) is 18.2 Å². The van der Waals surface area contributed by atoms with Crippen molar-refractivity contribution in [2.24, 2.45) is 0 Å². The fourth-order valence-electron chi connectivity index (χ4n) is 2.55. The SMILES string of the molecule is O=C1C[C@H](C(=O)NCCSc2ccccn2)c2cc(F)ccc2N1. The standard InChI is InChI=1S/C17H16FN3O2S/c18-11-4-5-14-12(9-11)13(10-15(22)21-14)17(23)20-7-8-24-16-3-1-2-6-19-16/h1-6,9,13H,7-8,10H2,(H,20,23)(H,21,22)/t13-/m0/s1. The Labute approximate surface area is 143 Å². The highest BCUT2D eigenvalue weighted by atomic mass is 32.2. The first-order valence-corrected chi connectivity index (χ1v) is 8.53. The largest absolute Gasteiger partial charge is 0.355 e. The van der Waals surface area contributed by atoms with Crippen molar-refractivity contribution >= 4 is 29.3 Å². The lowest BCUT2D eigenvalue weighted by Gasteiger charge is -2.24. The number of pyridine rings is 1. The Balaban J connectivity index is 1.59. The quantitative estimate of drug-likeness (QED) is 0.645. The van der Waals surface area contributed by atoms with Crippen LogP contribution < -0.4 is 10.6 Å². The molecule has 5 nitrogen and oxygen atoms in total. The summed E-state index contributed by atoms with van der Waals surface area (Å²) < 4.78 is 13.5. The molecule has 0 bridgehead atoms. The molecule has 2 N–H and O–H groups in total. The first kappa shape index (κ1) is 16.4. The van der Waals surface area contributed by atoms with E-state index in [0.717, 1.165) is 5.03 Å². The van der Waals surface area contributed by atoms with E-state index in [0.29, 0.717) is 23.5 Å². The third-order valence-electron chi connectivity index (χ3n) is 3.66. The number of fused-ring (bicyclic) bond motifs is 1. The van der Waals surface area contributed by atoms with Crippen LogP contribution in [0.3, 0.4) is 0 Å². The Morgan fingerprint density at radius 2 is 2.25 bits per heavy atom. The van der Waals surface area contributed by atoms with Crippen molar-refractivity contribution in [1.82, 2.24) is 10.3 Å². The Hall–Kier alpha value is -2.41. The second-order valence-corrected chi connectivity index (χ2v) is 6.46. The first-order valence-electron chi connectivity index (χ1n) is 7.54. The molecule has 0 radical (unpaired) electrons. The van der Waals surface area contributed by atoms with Gasteiger partial charge in [0.2, 0.25) is 11.8 Å². The second-order valence-electron chi connectivity index (χ2n) is 5.34. The molecule has 2 amide bonds. The lowest BCUT2D eigenvalue weighted by Crippen LogP contribution is -2.36. The summed E-state index contributed by atoms with van der Waals surface area (Å²) in [4.78, 5) is 28.3. The van der Waals surface area contributed by atoms with Gasteiger partial charge in [-0.05, 0) is 35.9 Å². The van der Waals surface area contributed by atoms with Gasteiger partial charge in [0.25, 0.3) is 0 Å². The molecule has 2 aromatic rings. The van der Waals surface area contributed by atoms with Gasteiger partial charge in [0.15, 0.2) is 0 Å². The molecule has 1 aliphatic rings. The van der Waals surface area contributed by atoms with Crippen molar-refractivity contribution in [2.75, 3.05) is 17.6 Å². The minimum Gasteiger partial charge on any atom is -0.355 e. The zero-order valence-corrected chi connectivity index (χ0v) is 13.6. The molecule has 7 heteroatoms. The highest BCUT2D eigenvalue weighted by molar-refractivity contribution is 7.99. The van der Waals surface area contributed by atoms with Gasteiger partial charge in [-0.3, -0.25) is 9.59 Å². The van der Waals surface area contributed by atoms with E-state index in [1.165, 1.54) is 30.0 Å². The van der Waals surface area contributed by atoms with Crippen LogP contribution in [0.5, 0.6) is 0 Å². The summed E-state index contributed by atoms with van der Waals surface area (Å²) in [5.74, 6) is -0.925. The molecule has 1 aromatic heterocycles. The maximum atomic E-state index is 13.5. The van der Waals surface area contributed by atoms with Gasteiger partial charge in [-0.1, -0.05) is 6.07 Å². The van der Waals surface area contributed by atoms with Crippen molar-refractivity contribution in [3.63, 3.8) is 0 Å². The minimum atomic E-state index is -0.663. The monoisotopic (exact) mass is 345 g/mol. The number of amides is 2. The molecule has 1 aliphatic heterocycles. The number of hydrogen-bond acceptors (Lipinski definition) is 4. The summed E-state index contributed by atoms with van der Waals surface area (Å²) in [5.41, 5.74) is 1.01. The number of carbonyl (C=O) groups excluding carboxylic acids is 2. The van der Waals surface area contributed by atoms with Crippen LogP contribution >= 0.6 is 11.8 Å². The number of rotatable bonds is 5. The van der Waals surface area contributed by atoms with E-state index < -0.39 is 11.7 Å². The van der Waals surface area contributed by atoms with Crippen LogP contribution in [0.4, 0.5) is 10.1 Å². The number of carbonyl (C=O) groups is 2. The van der Waals surface area contributed by atoms with Crippen molar-refractivity contribution in [3.05, 3.63) is 54.0 Å². The van der Waals surface area contributed by atoms with Gasteiger partial charge in [-0.25, -0.2) is 9.37 Å². The Morgan fingerprint density at radius 1 is 1.38 bits per heavy atom. The van der Waals surface area contributed by atoms with Crippen LogP contribution in [0.15, 0.2) is 47.6 Å². The summed E-state index contributed by atoms with van der Waals surface area (Å²) in [6.07, 6.45) is 1.74. The maximum Gasteiger partial charge on any atom is 0.228 e. The van der Waals surface area contributed by atoms with E-state index in [2.05, 4.69) is 15.6 Å². The lowest BCUT2D eigenvalue weighted by atomic mass is 9.89. The Bertz CT molecular complexity index is 755. The van der Waals surface area contributed by atoms with Gasteiger partial charge in [-0.2, -0.15) is 0 Å². The Morgan fingerprint density at radius 3 is 3.04 bits per heavy atom. The molecule has 0 spiro atoms. The molecule has 1 aromatic carbocycles. The molecule has 3 rings (SSSR count). The normalized spacial score (nSPS) is 16.2. The predicted molar refractivity (Wildman–Crippen MR) is 90.4 cm³/mol. The van der Waals surface area contributed by atoms with E-state index >= 15 is 0 Å². The number of aromatic nitrogens is 1. The van der Waals surface area contributed by atoms with Crippen LogP contribution in [0.2, 0.25) is 0 Å². The average Bonchev–Trinajstić information content (AvgIpc) is 2.59. The van der Waals surface area contributed by atoms with Crippen LogP contribution in [0.1, 0.15) is 17.9 Å².